The van der Waals surface area contributed by atoms with E-state index >= 15 is 0 Å². The van der Waals surface area contributed by atoms with Crippen LogP contribution in [0.3, 0.4) is 0 Å². The molecule has 22 heavy (non-hydrogen) atoms. The quantitative estimate of drug-likeness (QED) is 0.665. The topological polar surface area (TPSA) is 95.3 Å². The van der Waals surface area contributed by atoms with Gasteiger partial charge in [0.05, 0.1) is 34.7 Å². The highest BCUT2D eigenvalue weighted by Crippen LogP contribution is 2.10. The summed E-state index contributed by atoms with van der Waals surface area (Å²) in [5.41, 5.74) is 2.37. The van der Waals surface area contributed by atoms with Crippen LogP contribution in [-0.4, -0.2) is 11.4 Å². The molecule has 0 saturated heterocycles. The number of nitriles is 2. The largest absolute Gasteiger partial charge is 0.298 e. The predicted octanol–water partition coefficient (Wildman–Crippen LogP) is 3.67. The number of rotatable bonds is 3. The van der Waals surface area contributed by atoms with Gasteiger partial charge in [0.15, 0.2) is 0 Å². The van der Waals surface area contributed by atoms with Crippen molar-refractivity contribution in [2.24, 2.45) is 0 Å². The van der Waals surface area contributed by atoms with Crippen LogP contribution >= 0.6 is 0 Å². The van der Waals surface area contributed by atoms with Crippen molar-refractivity contribution in [3.8, 4) is 12.1 Å². The molecule has 0 aliphatic carbocycles. The number of nitrogens with zero attached hydrogens (tertiary/aromatic N) is 2. The monoisotopic (exact) mass is 286 g/mol. The lowest BCUT2D eigenvalue weighted by Gasteiger charge is -2.06. The predicted molar refractivity (Wildman–Crippen MR) is 87.2 cm³/mol. The minimum absolute atomic E-state index is 0.0826. The average molecular weight is 286 g/mol. The second-order valence-electron chi connectivity index (χ2n) is 4.13. The summed E-state index contributed by atoms with van der Waals surface area (Å²) in [6.45, 7) is 6.00. The highest BCUT2D eigenvalue weighted by Gasteiger charge is 2.10. The first kappa shape index (κ1) is 16.6. The van der Waals surface area contributed by atoms with Crippen molar-refractivity contribution in [3.63, 3.8) is 0 Å². The Morgan fingerprint density at radius 1 is 0.682 bits per heavy atom. The van der Waals surface area contributed by atoms with E-state index in [0.717, 1.165) is 0 Å². The second-order valence-corrected chi connectivity index (χ2v) is 4.13. The van der Waals surface area contributed by atoms with Crippen molar-refractivity contribution in [2.75, 3.05) is 0 Å². The molecule has 106 valence electrons. The molecule has 4 heteroatoms. The van der Waals surface area contributed by atoms with Gasteiger partial charge in [-0.1, -0.05) is 24.3 Å². The fourth-order valence-corrected chi connectivity index (χ4v) is 1.71. The summed E-state index contributed by atoms with van der Waals surface area (Å²) < 4.78 is 0. The highest BCUT2D eigenvalue weighted by atomic mass is 14.5. The Morgan fingerprint density at radius 3 is 1.18 bits per heavy atom. The van der Waals surface area contributed by atoms with Crippen LogP contribution in [0.25, 0.3) is 0 Å². The van der Waals surface area contributed by atoms with E-state index in [1.807, 2.05) is 12.1 Å². The van der Waals surface area contributed by atoms with Gasteiger partial charge in [0.25, 0.3) is 0 Å². The van der Waals surface area contributed by atoms with Crippen molar-refractivity contribution in [1.82, 2.24) is 0 Å². The number of hydrogen-bond acceptors (Lipinski definition) is 4. The smallest absolute Gasteiger partial charge is 0.0991 e. The zero-order chi connectivity index (χ0) is 16.5. The first-order chi connectivity index (χ1) is 10.7. The zero-order valence-corrected chi connectivity index (χ0v) is 11.9. The van der Waals surface area contributed by atoms with E-state index in [1.54, 1.807) is 48.5 Å². The van der Waals surface area contributed by atoms with Crippen LogP contribution in [0, 0.1) is 33.5 Å². The van der Waals surface area contributed by atoms with Crippen LogP contribution in [-0.2, 0) is 0 Å². The van der Waals surface area contributed by atoms with Gasteiger partial charge in [0, 0.05) is 11.1 Å². The SMILES string of the molecule is C=C.N#Cc1ccc(C(=N)C(=N)c2ccc(C#N)cc2)cc1. The van der Waals surface area contributed by atoms with Crippen molar-refractivity contribution >= 4 is 11.4 Å². The van der Waals surface area contributed by atoms with Crippen LogP contribution in [0.15, 0.2) is 61.7 Å². The second kappa shape index (κ2) is 7.94. The molecule has 0 fully saturated rings. The summed E-state index contributed by atoms with van der Waals surface area (Å²) in [5, 5.41) is 33.5. The van der Waals surface area contributed by atoms with Crippen LogP contribution in [0.5, 0.6) is 0 Å². The maximum Gasteiger partial charge on any atom is 0.0991 e. The molecule has 0 radical (unpaired) electrons. The van der Waals surface area contributed by atoms with Gasteiger partial charge in [0.2, 0.25) is 0 Å². The van der Waals surface area contributed by atoms with Gasteiger partial charge >= 0.3 is 0 Å². The van der Waals surface area contributed by atoms with Crippen LogP contribution in [0.1, 0.15) is 22.3 Å². The van der Waals surface area contributed by atoms with Gasteiger partial charge in [-0.25, -0.2) is 0 Å². The lowest BCUT2D eigenvalue weighted by atomic mass is 9.98. The third-order valence-electron chi connectivity index (χ3n) is 2.86. The summed E-state index contributed by atoms with van der Waals surface area (Å²) in [5.74, 6) is 0. The minimum Gasteiger partial charge on any atom is -0.298 e. The maximum absolute atomic E-state index is 8.73. The van der Waals surface area contributed by atoms with Gasteiger partial charge in [0.1, 0.15) is 0 Å². The van der Waals surface area contributed by atoms with Crippen LogP contribution in [0.2, 0.25) is 0 Å². The van der Waals surface area contributed by atoms with Gasteiger partial charge in [-0.3, -0.25) is 10.8 Å². The molecular weight excluding hydrogens is 272 g/mol. The summed E-state index contributed by atoms with van der Waals surface area (Å²) in [6, 6.07) is 17.1. The van der Waals surface area contributed by atoms with E-state index in [0.29, 0.717) is 22.3 Å². The molecule has 0 atom stereocenters. The number of benzene rings is 2. The molecule has 0 unspecified atom stereocenters. The lowest BCUT2D eigenvalue weighted by molar-refractivity contribution is 1.43. The first-order valence-electron chi connectivity index (χ1n) is 6.34. The molecule has 4 nitrogen and oxygen atoms in total. The Morgan fingerprint density at radius 2 is 0.955 bits per heavy atom. The molecule has 0 aliphatic rings. The maximum atomic E-state index is 8.73. The number of nitrogens with one attached hydrogen (secondary N) is 2. The molecule has 2 aromatic carbocycles. The molecule has 0 aliphatic heterocycles. The van der Waals surface area contributed by atoms with Crippen LogP contribution in [0.4, 0.5) is 0 Å². The molecule has 0 amide bonds. The normalized spacial score (nSPS) is 8.64. The van der Waals surface area contributed by atoms with Gasteiger partial charge in [-0.15, -0.1) is 13.2 Å². The highest BCUT2D eigenvalue weighted by molar-refractivity contribution is 6.51. The molecule has 0 aromatic heterocycles. The fourth-order valence-electron chi connectivity index (χ4n) is 1.71. The zero-order valence-electron chi connectivity index (χ0n) is 11.9. The van der Waals surface area contributed by atoms with Crippen LogP contribution < -0.4 is 0 Å². The molecule has 2 rings (SSSR count). The summed E-state index contributed by atoms with van der Waals surface area (Å²) >= 11 is 0. The third-order valence-corrected chi connectivity index (χ3v) is 2.86. The van der Waals surface area contributed by atoms with Crippen molar-refractivity contribution < 1.29 is 0 Å². The first-order valence-corrected chi connectivity index (χ1v) is 6.34. The Bertz CT molecular complexity index is 689. The Labute approximate surface area is 129 Å². The van der Waals surface area contributed by atoms with E-state index < -0.39 is 0 Å². The molecule has 0 saturated carbocycles. The lowest BCUT2D eigenvalue weighted by Crippen LogP contribution is -2.14. The van der Waals surface area contributed by atoms with Crippen molar-refractivity contribution in [3.05, 3.63) is 83.9 Å². The van der Waals surface area contributed by atoms with Gasteiger partial charge in [-0.2, -0.15) is 10.5 Å². The van der Waals surface area contributed by atoms with Crippen molar-refractivity contribution in [2.45, 2.75) is 0 Å². The Hall–Kier alpha value is -3.50. The van der Waals surface area contributed by atoms with Gasteiger partial charge in [-0.05, 0) is 24.3 Å². The van der Waals surface area contributed by atoms with E-state index in [4.69, 9.17) is 21.3 Å². The van der Waals surface area contributed by atoms with Gasteiger partial charge < -0.3 is 0 Å². The standard InChI is InChI=1S/C16H10N4.C2H4/c17-9-11-1-5-13(6-2-11)15(19)16(20)14-7-3-12(10-18)4-8-14;1-2/h1-8,19-20H;1-2H2. The summed E-state index contributed by atoms with van der Waals surface area (Å²) in [4.78, 5) is 0. The van der Waals surface area contributed by atoms with E-state index in [9.17, 15) is 0 Å². The minimum atomic E-state index is 0.0826. The molecular formula is C18H14N4. The third kappa shape index (κ3) is 3.75. The van der Waals surface area contributed by atoms with E-state index in [1.165, 1.54) is 0 Å². The molecule has 2 N–H and O–H groups in total. The molecule has 0 bridgehead atoms. The Kier molecular flexibility index (Phi) is 5.97. The van der Waals surface area contributed by atoms with E-state index in [2.05, 4.69) is 13.2 Å². The number of hydrogen-bond donors (Lipinski definition) is 2. The molecule has 2 aromatic rings. The average Bonchev–Trinajstić information content (AvgIpc) is 2.62. The van der Waals surface area contributed by atoms with E-state index in [-0.39, 0.29) is 11.4 Å². The fraction of sp³-hybridized carbons (Fsp3) is 0. The summed E-state index contributed by atoms with van der Waals surface area (Å²) in [7, 11) is 0. The molecule has 0 heterocycles. The Balaban J connectivity index is 0.00000116. The summed E-state index contributed by atoms with van der Waals surface area (Å²) in [6.07, 6.45) is 0. The molecule has 0 spiro atoms. The van der Waals surface area contributed by atoms with Crippen molar-refractivity contribution in [1.29, 1.82) is 21.3 Å².